The number of hydrogen-bond acceptors (Lipinski definition) is 8. The van der Waals surface area contributed by atoms with Crippen molar-refractivity contribution in [2.75, 3.05) is 24.4 Å². The second-order valence-electron chi connectivity index (χ2n) is 7.35. The van der Waals surface area contributed by atoms with Crippen LogP contribution in [0.2, 0.25) is 0 Å². The van der Waals surface area contributed by atoms with E-state index < -0.39 is 14.9 Å². The van der Waals surface area contributed by atoms with Gasteiger partial charge in [-0.3, -0.25) is 20.3 Å². The summed E-state index contributed by atoms with van der Waals surface area (Å²) in [4.78, 5) is 10.3. The predicted molar refractivity (Wildman–Crippen MR) is 131 cm³/mol. The molecule has 3 aromatic carbocycles. The number of benzene rings is 3. The lowest BCUT2D eigenvalue weighted by molar-refractivity contribution is -0.385. The molecule has 0 amide bonds. The number of rotatable bonds is 9. The highest BCUT2D eigenvalue weighted by molar-refractivity contribution is 7.92. The van der Waals surface area contributed by atoms with Gasteiger partial charge in [-0.25, -0.2) is 8.42 Å². The first-order valence-corrected chi connectivity index (χ1v) is 11.5. The summed E-state index contributed by atoms with van der Waals surface area (Å²) in [5.41, 5.74) is 5.09. The van der Waals surface area contributed by atoms with Crippen molar-refractivity contribution in [3.8, 4) is 11.5 Å². The normalized spacial score (nSPS) is 11.3. The van der Waals surface area contributed by atoms with E-state index in [-0.39, 0.29) is 16.3 Å². The number of nitro benzene ring substituents is 1. The Morgan fingerprint density at radius 2 is 1.65 bits per heavy atom. The molecule has 178 valence electrons. The van der Waals surface area contributed by atoms with Gasteiger partial charge >= 0.3 is 0 Å². The summed E-state index contributed by atoms with van der Waals surface area (Å²) in [5.74, 6) is 1.05. The number of hydrazone groups is 1. The zero-order valence-corrected chi connectivity index (χ0v) is 19.8. The summed E-state index contributed by atoms with van der Waals surface area (Å²) in [6.07, 6.45) is 1.46. The molecule has 0 heterocycles. The summed E-state index contributed by atoms with van der Waals surface area (Å²) < 4.78 is 39.3. The van der Waals surface area contributed by atoms with E-state index >= 15 is 0 Å². The minimum absolute atomic E-state index is 0.0691. The van der Waals surface area contributed by atoms with Gasteiger partial charge in [0, 0.05) is 12.1 Å². The fourth-order valence-electron chi connectivity index (χ4n) is 3.18. The molecule has 0 radical (unpaired) electrons. The first-order chi connectivity index (χ1) is 16.1. The Balaban J connectivity index is 1.94. The Labute approximate surface area is 197 Å². The van der Waals surface area contributed by atoms with Crippen LogP contribution in [-0.2, 0) is 10.0 Å². The lowest BCUT2D eigenvalue weighted by Gasteiger charge is -2.14. The van der Waals surface area contributed by atoms with E-state index in [9.17, 15) is 18.5 Å². The molecule has 0 aromatic heterocycles. The standard InChI is InChI=1S/C23H24N4O6S/c1-15-5-8-19(16(2)11-15)26-34(30,31)23-13-18(27(28)29)7-9-20(23)25-24-14-17-6-10-21(32-3)22(12-17)33-4/h5-14,25-26H,1-4H3/b24-14+. The van der Waals surface area contributed by atoms with Crippen LogP contribution in [0.3, 0.4) is 0 Å². The third-order valence-electron chi connectivity index (χ3n) is 4.90. The van der Waals surface area contributed by atoms with E-state index in [1.165, 1.54) is 32.6 Å². The number of aryl methyl sites for hydroxylation is 2. The number of methoxy groups -OCH3 is 2. The molecule has 0 aliphatic carbocycles. The number of ether oxygens (including phenoxy) is 2. The molecule has 0 spiro atoms. The van der Waals surface area contributed by atoms with Crippen molar-refractivity contribution in [1.29, 1.82) is 0 Å². The SMILES string of the molecule is COc1ccc(/C=N/Nc2ccc([N+](=O)[O-])cc2S(=O)(=O)Nc2ccc(C)cc2C)cc1OC. The highest BCUT2D eigenvalue weighted by Crippen LogP contribution is 2.30. The van der Waals surface area contributed by atoms with Crippen LogP contribution in [0.25, 0.3) is 0 Å². The third kappa shape index (κ3) is 5.62. The van der Waals surface area contributed by atoms with E-state index in [0.717, 1.165) is 17.2 Å². The molecule has 0 aliphatic heterocycles. The largest absolute Gasteiger partial charge is 0.493 e. The molecule has 0 saturated carbocycles. The zero-order valence-electron chi connectivity index (χ0n) is 19.0. The fourth-order valence-corrected chi connectivity index (χ4v) is 4.48. The topological polar surface area (TPSA) is 132 Å². The van der Waals surface area contributed by atoms with Crippen molar-refractivity contribution in [1.82, 2.24) is 0 Å². The van der Waals surface area contributed by atoms with Gasteiger partial charge in [0.1, 0.15) is 4.90 Å². The summed E-state index contributed by atoms with van der Waals surface area (Å²) in [6, 6.07) is 13.9. The molecule has 0 fully saturated rings. The molecule has 2 N–H and O–H groups in total. The second-order valence-corrected chi connectivity index (χ2v) is 9.00. The maximum Gasteiger partial charge on any atom is 0.270 e. The first kappa shape index (κ1) is 24.5. The van der Waals surface area contributed by atoms with E-state index in [4.69, 9.17) is 9.47 Å². The maximum atomic E-state index is 13.2. The van der Waals surface area contributed by atoms with Crippen LogP contribution >= 0.6 is 0 Å². The summed E-state index contributed by atoms with van der Waals surface area (Å²) in [7, 11) is -1.15. The van der Waals surface area contributed by atoms with E-state index in [1.807, 2.05) is 13.0 Å². The minimum Gasteiger partial charge on any atom is -0.493 e. The van der Waals surface area contributed by atoms with Crippen molar-refractivity contribution in [3.63, 3.8) is 0 Å². The molecule has 34 heavy (non-hydrogen) atoms. The quantitative estimate of drug-likeness (QED) is 0.260. The van der Waals surface area contributed by atoms with Gasteiger partial charge in [-0.05, 0) is 55.3 Å². The number of nitro groups is 1. The van der Waals surface area contributed by atoms with Gasteiger partial charge in [-0.1, -0.05) is 17.7 Å². The van der Waals surface area contributed by atoms with Crippen LogP contribution in [0, 0.1) is 24.0 Å². The lowest BCUT2D eigenvalue weighted by atomic mass is 10.1. The Morgan fingerprint density at radius 1 is 0.941 bits per heavy atom. The van der Waals surface area contributed by atoms with Crippen molar-refractivity contribution in [2.45, 2.75) is 18.7 Å². The summed E-state index contributed by atoms with van der Waals surface area (Å²) in [5, 5.41) is 15.4. The fraction of sp³-hybridized carbons (Fsp3) is 0.174. The smallest absolute Gasteiger partial charge is 0.270 e. The van der Waals surface area contributed by atoms with E-state index in [2.05, 4.69) is 15.2 Å². The van der Waals surface area contributed by atoms with Crippen molar-refractivity contribution < 1.29 is 22.8 Å². The number of anilines is 2. The van der Waals surface area contributed by atoms with Crippen LogP contribution in [-0.4, -0.2) is 33.8 Å². The Morgan fingerprint density at radius 3 is 2.29 bits per heavy atom. The molecule has 3 aromatic rings. The summed E-state index contributed by atoms with van der Waals surface area (Å²) in [6.45, 7) is 3.66. The van der Waals surface area contributed by atoms with Crippen LogP contribution < -0.4 is 19.6 Å². The number of nitrogens with one attached hydrogen (secondary N) is 2. The number of hydrogen-bond donors (Lipinski definition) is 2. The average Bonchev–Trinajstić information content (AvgIpc) is 2.80. The molecule has 3 rings (SSSR count). The van der Waals surface area contributed by atoms with Gasteiger partial charge in [0.05, 0.1) is 36.7 Å². The van der Waals surface area contributed by atoms with Crippen LogP contribution in [0.5, 0.6) is 11.5 Å². The van der Waals surface area contributed by atoms with Gasteiger partial charge in [0.15, 0.2) is 11.5 Å². The zero-order chi connectivity index (χ0) is 24.9. The molecule has 0 bridgehead atoms. The van der Waals surface area contributed by atoms with Gasteiger partial charge in [0.2, 0.25) is 0 Å². The first-order valence-electron chi connectivity index (χ1n) is 10.0. The van der Waals surface area contributed by atoms with Crippen LogP contribution in [0.15, 0.2) is 64.6 Å². The van der Waals surface area contributed by atoms with Crippen molar-refractivity contribution in [2.24, 2.45) is 5.10 Å². The molecule has 0 saturated heterocycles. The van der Waals surface area contributed by atoms with E-state index in [0.29, 0.717) is 22.7 Å². The molecule has 0 unspecified atom stereocenters. The monoisotopic (exact) mass is 484 g/mol. The summed E-state index contributed by atoms with van der Waals surface area (Å²) >= 11 is 0. The highest BCUT2D eigenvalue weighted by Gasteiger charge is 2.23. The van der Waals surface area contributed by atoms with Crippen molar-refractivity contribution >= 4 is 33.3 Å². The lowest BCUT2D eigenvalue weighted by Crippen LogP contribution is -2.16. The van der Waals surface area contributed by atoms with Gasteiger partial charge in [0.25, 0.3) is 15.7 Å². The van der Waals surface area contributed by atoms with Gasteiger partial charge in [-0.15, -0.1) is 0 Å². The average molecular weight is 485 g/mol. The predicted octanol–water partition coefficient (Wildman–Crippen LogP) is 4.48. The maximum absolute atomic E-state index is 13.2. The molecule has 0 aliphatic rings. The second kappa shape index (κ2) is 10.2. The van der Waals surface area contributed by atoms with Crippen molar-refractivity contribution in [3.05, 3.63) is 81.4 Å². The highest BCUT2D eigenvalue weighted by atomic mass is 32.2. The molecular weight excluding hydrogens is 460 g/mol. The number of sulfonamides is 1. The molecule has 10 nitrogen and oxygen atoms in total. The Kier molecular flexibility index (Phi) is 7.37. The number of nitrogens with zero attached hydrogens (tertiary/aromatic N) is 2. The minimum atomic E-state index is -4.18. The number of non-ortho nitro benzene ring substituents is 1. The van der Waals surface area contributed by atoms with Gasteiger partial charge < -0.3 is 9.47 Å². The molecule has 11 heteroatoms. The Hall–Kier alpha value is -4.12. The van der Waals surface area contributed by atoms with Gasteiger partial charge in [-0.2, -0.15) is 5.10 Å². The van der Waals surface area contributed by atoms with E-state index in [1.54, 1.807) is 37.3 Å². The molecular formula is C23H24N4O6S. The Bertz CT molecular complexity index is 1360. The third-order valence-corrected chi connectivity index (χ3v) is 6.30. The molecule has 0 atom stereocenters. The van der Waals surface area contributed by atoms with Crippen LogP contribution in [0.1, 0.15) is 16.7 Å². The van der Waals surface area contributed by atoms with Crippen LogP contribution in [0.4, 0.5) is 17.1 Å².